The first kappa shape index (κ1) is 19.6. The standard InChI is InChI=1S/C22H25N3O3S/c1-22(2,3)14-7-10-17-18(11-14)29-21-23-12-16(20(27)25(17)21)24-19(26)13-5-8-15(28-4)9-6-13/h5-6,8-9,12,14H,7,10-11H2,1-4H3,(H,24,26). The fourth-order valence-electron chi connectivity index (χ4n) is 3.85. The number of amides is 1. The van der Waals surface area contributed by atoms with Crippen LogP contribution in [0.1, 0.15) is 48.1 Å². The van der Waals surface area contributed by atoms with Crippen LogP contribution >= 0.6 is 11.3 Å². The maximum absolute atomic E-state index is 13.1. The molecule has 0 spiro atoms. The summed E-state index contributed by atoms with van der Waals surface area (Å²) in [5, 5.41) is 2.71. The SMILES string of the molecule is COc1ccc(C(=O)Nc2cnc3sc4c(n3c2=O)CCC(C(C)(C)C)C4)cc1. The van der Waals surface area contributed by atoms with Gasteiger partial charge in [0.15, 0.2) is 4.96 Å². The van der Waals surface area contributed by atoms with E-state index >= 15 is 0 Å². The van der Waals surface area contributed by atoms with Crippen LogP contribution in [-0.2, 0) is 12.8 Å². The molecule has 29 heavy (non-hydrogen) atoms. The monoisotopic (exact) mass is 411 g/mol. The molecule has 3 aromatic rings. The smallest absolute Gasteiger partial charge is 0.282 e. The molecule has 7 heteroatoms. The molecule has 1 aromatic carbocycles. The summed E-state index contributed by atoms with van der Waals surface area (Å²) >= 11 is 1.59. The Balaban J connectivity index is 1.64. The van der Waals surface area contributed by atoms with Gasteiger partial charge in [-0.3, -0.25) is 14.0 Å². The van der Waals surface area contributed by atoms with Crippen LogP contribution in [0.25, 0.3) is 4.96 Å². The third kappa shape index (κ3) is 3.67. The Kier molecular flexibility index (Phi) is 4.94. The van der Waals surface area contributed by atoms with Gasteiger partial charge >= 0.3 is 0 Å². The summed E-state index contributed by atoms with van der Waals surface area (Å²) in [7, 11) is 1.57. The van der Waals surface area contributed by atoms with Gasteiger partial charge in [0, 0.05) is 16.1 Å². The van der Waals surface area contributed by atoms with Crippen LogP contribution in [0.3, 0.4) is 0 Å². The lowest BCUT2D eigenvalue weighted by Crippen LogP contribution is -2.28. The third-order valence-corrected chi connectivity index (χ3v) is 6.84. The summed E-state index contributed by atoms with van der Waals surface area (Å²) in [6.45, 7) is 6.81. The zero-order chi connectivity index (χ0) is 20.8. The summed E-state index contributed by atoms with van der Waals surface area (Å²) in [6.07, 6.45) is 4.34. The van der Waals surface area contributed by atoms with Crippen LogP contribution in [0.5, 0.6) is 5.75 Å². The normalized spacial score (nSPS) is 16.5. The minimum atomic E-state index is -0.344. The van der Waals surface area contributed by atoms with Gasteiger partial charge in [-0.2, -0.15) is 0 Å². The van der Waals surface area contributed by atoms with Crippen molar-refractivity contribution in [3.8, 4) is 5.75 Å². The van der Waals surface area contributed by atoms with Gasteiger partial charge in [-0.1, -0.05) is 20.8 Å². The summed E-state index contributed by atoms with van der Waals surface area (Å²) in [4.78, 5) is 32.0. The van der Waals surface area contributed by atoms with Crippen molar-refractivity contribution in [3.63, 3.8) is 0 Å². The fraction of sp³-hybridized carbons (Fsp3) is 0.409. The predicted molar refractivity (Wildman–Crippen MR) is 115 cm³/mol. The number of nitrogens with zero attached hydrogens (tertiary/aromatic N) is 2. The first-order valence-electron chi connectivity index (χ1n) is 9.75. The molecule has 1 aliphatic rings. The Labute approximate surface area is 173 Å². The fourth-order valence-corrected chi connectivity index (χ4v) is 5.06. The van der Waals surface area contributed by atoms with Gasteiger partial charge in [0.1, 0.15) is 11.4 Å². The minimum Gasteiger partial charge on any atom is -0.497 e. The number of aryl methyl sites for hydroxylation is 1. The molecule has 4 rings (SSSR count). The number of rotatable bonds is 3. The van der Waals surface area contributed by atoms with E-state index in [0.717, 1.165) is 25.0 Å². The first-order chi connectivity index (χ1) is 13.8. The lowest BCUT2D eigenvalue weighted by molar-refractivity contribution is 0.102. The molecule has 2 aromatic heterocycles. The van der Waals surface area contributed by atoms with Gasteiger partial charge in [-0.25, -0.2) is 4.98 Å². The van der Waals surface area contributed by atoms with Crippen LogP contribution in [-0.4, -0.2) is 22.4 Å². The molecule has 0 saturated carbocycles. The van der Waals surface area contributed by atoms with E-state index in [9.17, 15) is 9.59 Å². The molecule has 0 saturated heterocycles. The maximum atomic E-state index is 13.1. The number of nitrogens with one attached hydrogen (secondary N) is 1. The highest BCUT2D eigenvalue weighted by Gasteiger charge is 2.31. The van der Waals surface area contributed by atoms with Gasteiger partial charge < -0.3 is 10.1 Å². The van der Waals surface area contributed by atoms with E-state index in [1.165, 1.54) is 11.1 Å². The second-order valence-corrected chi connectivity index (χ2v) is 9.62. The molecule has 1 unspecified atom stereocenters. The van der Waals surface area contributed by atoms with E-state index in [1.807, 2.05) is 0 Å². The van der Waals surface area contributed by atoms with Crippen molar-refractivity contribution in [3.05, 3.63) is 57.0 Å². The number of aromatic nitrogens is 2. The Bertz CT molecular complexity index is 1120. The van der Waals surface area contributed by atoms with Crippen molar-refractivity contribution in [2.45, 2.75) is 40.0 Å². The number of fused-ring (bicyclic) bond motifs is 3. The van der Waals surface area contributed by atoms with Crippen molar-refractivity contribution in [2.24, 2.45) is 11.3 Å². The zero-order valence-corrected chi connectivity index (χ0v) is 17.9. The van der Waals surface area contributed by atoms with Crippen LogP contribution < -0.4 is 15.6 Å². The van der Waals surface area contributed by atoms with E-state index in [2.05, 4.69) is 31.1 Å². The lowest BCUT2D eigenvalue weighted by atomic mass is 9.73. The minimum absolute atomic E-state index is 0.196. The molecule has 2 heterocycles. The van der Waals surface area contributed by atoms with Crippen LogP contribution in [0.4, 0.5) is 5.69 Å². The largest absolute Gasteiger partial charge is 0.497 e. The van der Waals surface area contributed by atoms with Gasteiger partial charge in [0.05, 0.1) is 13.3 Å². The van der Waals surface area contributed by atoms with E-state index in [0.29, 0.717) is 22.2 Å². The highest BCUT2D eigenvalue weighted by Crippen LogP contribution is 2.39. The van der Waals surface area contributed by atoms with Crippen molar-refractivity contribution in [1.29, 1.82) is 0 Å². The highest BCUT2D eigenvalue weighted by atomic mass is 32.1. The molecule has 0 radical (unpaired) electrons. The molecular weight excluding hydrogens is 386 g/mol. The average Bonchev–Trinajstić information content (AvgIpc) is 3.08. The molecule has 152 valence electrons. The number of thiazole rings is 1. The second kappa shape index (κ2) is 7.30. The number of benzene rings is 1. The summed E-state index contributed by atoms with van der Waals surface area (Å²) in [5.41, 5.74) is 1.72. The summed E-state index contributed by atoms with van der Waals surface area (Å²) in [6, 6.07) is 6.75. The Hall–Kier alpha value is -2.67. The average molecular weight is 412 g/mol. The molecule has 1 atom stereocenters. The van der Waals surface area contributed by atoms with Gasteiger partial charge in [0.25, 0.3) is 11.5 Å². The summed E-state index contributed by atoms with van der Waals surface area (Å²) < 4.78 is 6.80. The number of carbonyl (C=O) groups excluding carboxylic acids is 1. The number of anilines is 1. The molecule has 0 aliphatic heterocycles. The predicted octanol–water partition coefficient (Wildman–Crippen LogP) is 4.17. The maximum Gasteiger partial charge on any atom is 0.282 e. The second-order valence-electron chi connectivity index (χ2n) is 8.56. The molecule has 0 bridgehead atoms. The van der Waals surface area contributed by atoms with Crippen LogP contribution in [0, 0.1) is 11.3 Å². The number of carbonyl (C=O) groups is 1. The Morgan fingerprint density at radius 2 is 2.00 bits per heavy atom. The van der Waals surface area contributed by atoms with Gasteiger partial charge in [-0.15, -0.1) is 11.3 Å². The third-order valence-electron chi connectivity index (χ3n) is 5.72. The van der Waals surface area contributed by atoms with E-state index < -0.39 is 0 Å². The first-order valence-corrected chi connectivity index (χ1v) is 10.6. The molecule has 6 nitrogen and oxygen atoms in total. The number of hydrogen-bond acceptors (Lipinski definition) is 5. The Morgan fingerprint density at radius 1 is 1.28 bits per heavy atom. The summed E-state index contributed by atoms with van der Waals surface area (Å²) in [5.74, 6) is 0.916. The number of ether oxygens (including phenoxy) is 1. The topological polar surface area (TPSA) is 72.7 Å². The highest BCUT2D eigenvalue weighted by molar-refractivity contribution is 7.17. The number of hydrogen-bond donors (Lipinski definition) is 1. The van der Waals surface area contributed by atoms with Crippen LogP contribution in [0.2, 0.25) is 0 Å². The van der Waals surface area contributed by atoms with Crippen molar-refractivity contribution in [1.82, 2.24) is 9.38 Å². The van der Waals surface area contributed by atoms with Crippen molar-refractivity contribution >= 4 is 27.9 Å². The molecule has 0 fully saturated rings. The van der Waals surface area contributed by atoms with E-state index in [1.54, 1.807) is 47.1 Å². The molecular formula is C22H25N3O3S. The van der Waals surface area contributed by atoms with Gasteiger partial charge in [0.2, 0.25) is 0 Å². The molecule has 1 amide bonds. The molecule has 1 N–H and O–H groups in total. The lowest BCUT2D eigenvalue weighted by Gasteiger charge is -2.33. The van der Waals surface area contributed by atoms with E-state index in [-0.39, 0.29) is 22.6 Å². The quantitative estimate of drug-likeness (QED) is 0.702. The van der Waals surface area contributed by atoms with Crippen LogP contribution in [0.15, 0.2) is 35.3 Å². The molecule has 1 aliphatic carbocycles. The van der Waals surface area contributed by atoms with E-state index in [4.69, 9.17) is 4.74 Å². The Morgan fingerprint density at radius 3 is 2.66 bits per heavy atom. The van der Waals surface area contributed by atoms with Gasteiger partial charge in [-0.05, 0) is 54.9 Å². The van der Waals surface area contributed by atoms with Crippen molar-refractivity contribution < 1.29 is 9.53 Å². The zero-order valence-electron chi connectivity index (χ0n) is 17.1. The van der Waals surface area contributed by atoms with Crippen molar-refractivity contribution in [2.75, 3.05) is 12.4 Å². The number of methoxy groups -OCH3 is 1.